The first-order valence-electron chi connectivity index (χ1n) is 5.04. The molecule has 6 nitrogen and oxygen atoms in total. The second-order valence-corrected chi connectivity index (χ2v) is 4.02. The number of H-pyrrole nitrogens is 1. The molecule has 1 aromatic carbocycles. The molecule has 0 atom stereocenters. The van der Waals surface area contributed by atoms with Gasteiger partial charge in [0.15, 0.2) is 0 Å². The molecule has 1 amide bonds. The highest BCUT2D eigenvalue weighted by atomic mass is 35.5. The van der Waals surface area contributed by atoms with Crippen LogP contribution in [0.5, 0.6) is 0 Å². The van der Waals surface area contributed by atoms with Crippen LogP contribution in [0.1, 0.15) is 12.5 Å². The average molecular weight is 265 g/mol. The van der Waals surface area contributed by atoms with Crippen molar-refractivity contribution in [1.82, 2.24) is 15.6 Å². The fraction of sp³-hybridized carbons (Fsp3) is 0.0909. The highest BCUT2D eigenvalue weighted by molar-refractivity contribution is 6.31. The summed E-state index contributed by atoms with van der Waals surface area (Å²) >= 11 is 5.93. The number of carbonyl (C=O) groups excluding carboxylic acids is 1. The molecule has 1 heterocycles. The summed E-state index contributed by atoms with van der Waals surface area (Å²) in [4.78, 5) is 22.4. The number of hydrazone groups is 1. The Kier molecular flexibility index (Phi) is 3.38. The Hall–Kier alpha value is -2.21. The van der Waals surface area contributed by atoms with E-state index >= 15 is 0 Å². The minimum atomic E-state index is -0.339. The van der Waals surface area contributed by atoms with Crippen molar-refractivity contribution >= 4 is 34.5 Å². The van der Waals surface area contributed by atoms with E-state index in [1.807, 2.05) is 0 Å². The number of benzene rings is 1. The number of fused-ring (bicyclic) bond motifs is 1. The summed E-state index contributed by atoms with van der Waals surface area (Å²) in [5.41, 5.74) is 2.43. The molecule has 1 aromatic heterocycles. The summed E-state index contributed by atoms with van der Waals surface area (Å²) < 4.78 is 0. The van der Waals surface area contributed by atoms with Gasteiger partial charge < -0.3 is 0 Å². The molecule has 0 saturated heterocycles. The van der Waals surface area contributed by atoms with Crippen molar-refractivity contribution in [2.45, 2.75) is 6.92 Å². The fourth-order valence-corrected chi connectivity index (χ4v) is 1.76. The minimum Gasteiger partial charge on any atom is -0.274 e. The number of rotatable bonds is 2. The number of nitrogens with one attached hydrogen (secondary N) is 2. The van der Waals surface area contributed by atoms with Gasteiger partial charge in [-0.05, 0) is 12.1 Å². The predicted octanol–water partition coefficient (Wildman–Crippen LogP) is 1.05. The maximum Gasteiger partial charge on any atom is 0.272 e. The Labute approximate surface area is 107 Å². The van der Waals surface area contributed by atoms with Gasteiger partial charge in [0.25, 0.3) is 5.56 Å². The standard InChI is InChI=1S/C11H9ClN4O2/c1-6(17)15-13-4-7-2-9(12)3-8-5-14-16-11(18)10(7)8/h2-5H,1H3,(H,15,17)(H,16,18)/b13-4+. The highest BCUT2D eigenvalue weighted by Crippen LogP contribution is 2.19. The molecule has 0 bridgehead atoms. The molecule has 0 unspecified atom stereocenters. The van der Waals surface area contributed by atoms with Gasteiger partial charge in [0.05, 0.1) is 17.8 Å². The third kappa shape index (κ3) is 2.54. The van der Waals surface area contributed by atoms with Gasteiger partial charge in [0.1, 0.15) is 0 Å². The minimum absolute atomic E-state index is 0.298. The quantitative estimate of drug-likeness (QED) is 0.628. The van der Waals surface area contributed by atoms with Gasteiger partial charge in [-0.3, -0.25) is 9.59 Å². The molecular weight excluding hydrogens is 256 g/mol. The molecule has 18 heavy (non-hydrogen) atoms. The summed E-state index contributed by atoms with van der Waals surface area (Å²) in [7, 11) is 0. The van der Waals surface area contributed by atoms with Gasteiger partial charge in [-0.1, -0.05) is 11.6 Å². The van der Waals surface area contributed by atoms with Crippen LogP contribution in [0, 0.1) is 0 Å². The Morgan fingerprint density at radius 3 is 3.06 bits per heavy atom. The summed E-state index contributed by atoms with van der Waals surface area (Å²) in [5.74, 6) is -0.298. The molecule has 2 rings (SSSR count). The molecule has 92 valence electrons. The van der Waals surface area contributed by atoms with Gasteiger partial charge >= 0.3 is 0 Å². The lowest BCUT2D eigenvalue weighted by molar-refractivity contribution is -0.118. The second kappa shape index (κ2) is 4.97. The lowest BCUT2D eigenvalue weighted by atomic mass is 10.1. The first-order valence-corrected chi connectivity index (χ1v) is 5.42. The first-order chi connectivity index (χ1) is 8.58. The number of hydrogen-bond acceptors (Lipinski definition) is 4. The largest absolute Gasteiger partial charge is 0.274 e. The van der Waals surface area contributed by atoms with E-state index in [2.05, 4.69) is 20.7 Å². The van der Waals surface area contributed by atoms with E-state index in [1.165, 1.54) is 19.3 Å². The van der Waals surface area contributed by atoms with E-state index in [9.17, 15) is 9.59 Å². The van der Waals surface area contributed by atoms with Gasteiger partial charge in [0.2, 0.25) is 5.91 Å². The van der Waals surface area contributed by atoms with Crippen molar-refractivity contribution in [3.63, 3.8) is 0 Å². The van der Waals surface area contributed by atoms with Crippen LogP contribution in [0.25, 0.3) is 10.8 Å². The molecule has 0 aliphatic carbocycles. The van der Waals surface area contributed by atoms with Crippen LogP contribution < -0.4 is 11.0 Å². The fourth-order valence-electron chi connectivity index (χ4n) is 1.52. The van der Waals surface area contributed by atoms with Crippen molar-refractivity contribution in [3.05, 3.63) is 39.3 Å². The van der Waals surface area contributed by atoms with Crippen LogP contribution in [0.15, 0.2) is 28.2 Å². The maximum absolute atomic E-state index is 11.7. The average Bonchev–Trinajstić information content (AvgIpc) is 2.27. The third-order valence-corrected chi connectivity index (χ3v) is 2.40. The van der Waals surface area contributed by atoms with Gasteiger partial charge in [-0.15, -0.1) is 0 Å². The van der Waals surface area contributed by atoms with E-state index in [1.54, 1.807) is 12.1 Å². The van der Waals surface area contributed by atoms with E-state index in [0.29, 0.717) is 21.4 Å². The van der Waals surface area contributed by atoms with Crippen LogP contribution in [0.4, 0.5) is 0 Å². The Morgan fingerprint density at radius 1 is 1.56 bits per heavy atom. The summed E-state index contributed by atoms with van der Waals surface area (Å²) in [6, 6.07) is 3.22. The molecule has 2 aromatic rings. The van der Waals surface area contributed by atoms with Crippen molar-refractivity contribution in [1.29, 1.82) is 0 Å². The molecule has 0 spiro atoms. The summed E-state index contributed by atoms with van der Waals surface area (Å²) in [5, 5.41) is 11.2. The molecule has 7 heteroatoms. The zero-order valence-electron chi connectivity index (χ0n) is 9.40. The topological polar surface area (TPSA) is 87.2 Å². The van der Waals surface area contributed by atoms with Crippen molar-refractivity contribution in [2.75, 3.05) is 0 Å². The monoisotopic (exact) mass is 264 g/mol. The predicted molar refractivity (Wildman–Crippen MR) is 68.8 cm³/mol. The second-order valence-electron chi connectivity index (χ2n) is 3.58. The normalized spacial score (nSPS) is 11.0. The number of nitrogens with zero attached hydrogens (tertiary/aromatic N) is 2. The maximum atomic E-state index is 11.7. The molecule has 0 aliphatic rings. The number of carbonyl (C=O) groups is 1. The molecule has 0 radical (unpaired) electrons. The number of aromatic amines is 1. The van der Waals surface area contributed by atoms with Crippen LogP contribution in [0.3, 0.4) is 0 Å². The zero-order chi connectivity index (χ0) is 13.1. The number of halogens is 1. The molecule has 2 N–H and O–H groups in total. The van der Waals surface area contributed by atoms with Gasteiger partial charge in [-0.25, -0.2) is 10.5 Å². The van der Waals surface area contributed by atoms with Crippen molar-refractivity contribution in [2.24, 2.45) is 5.10 Å². The lowest BCUT2D eigenvalue weighted by Crippen LogP contribution is -2.13. The van der Waals surface area contributed by atoms with Crippen LogP contribution >= 0.6 is 11.6 Å². The summed E-state index contributed by atoms with van der Waals surface area (Å²) in [6.07, 6.45) is 2.86. The van der Waals surface area contributed by atoms with Crippen LogP contribution in [0.2, 0.25) is 5.02 Å². The molecule has 0 aliphatic heterocycles. The Morgan fingerprint density at radius 2 is 2.33 bits per heavy atom. The van der Waals surface area contributed by atoms with Gasteiger partial charge in [0, 0.05) is 22.9 Å². The Balaban J connectivity index is 2.58. The van der Waals surface area contributed by atoms with Crippen molar-refractivity contribution < 1.29 is 4.79 Å². The smallest absolute Gasteiger partial charge is 0.272 e. The first kappa shape index (κ1) is 12.3. The number of amides is 1. The Bertz CT molecular complexity index is 693. The molecule has 0 saturated carbocycles. The van der Waals surface area contributed by atoms with Crippen LogP contribution in [-0.2, 0) is 4.79 Å². The number of aromatic nitrogens is 2. The molecule has 0 fully saturated rings. The van der Waals surface area contributed by atoms with E-state index < -0.39 is 0 Å². The highest BCUT2D eigenvalue weighted by Gasteiger charge is 2.06. The SMILES string of the molecule is CC(=O)N/N=C/c1cc(Cl)cc2cn[nH]c(=O)c12. The molecular formula is C11H9ClN4O2. The van der Waals surface area contributed by atoms with Crippen molar-refractivity contribution in [3.8, 4) is 0 Å². The number of hydrogen-bond donors (Lipinski definition) is 2. The van der Waals surface area contributed by atoms with Gasteiger partial charge in [-0.2, -0.15) is 10.2 Å². The lowest BCUT2D eigenvalue weighted by Gasteiger charge is -2.01. The summed E-state index contributed by atoms with van der Waals surface area (Å²) in [6.45, 7) is 1.34. The third-order valence-electron chi connectivity index (χ3n) is 2.19. The van der Waals surface area contributed by atoms with Crippen LogP contribution in [-0.4, -0.2) is 22.3 Å². The van der Waals surface area contributed by atoms with E-state index in [-0.39, 0.29) is 11.5 Å². The van der Waals surface area contributed by atoms with E-state index in [0.717, 1.165) is 0 Å². The zero-order valence-corrected chi connectivity index (χ0v) is 10.2. The van der Waals surface area contributed by atoms with E-state index in [4.69, 9.17) is 11.6 Å².